The molecule has 5 heterocycles. The molecule has 0 aliphatic heterocycles. The van der Waals surface area contributed by atoms with E-state index in [4.69, 9.17) is 18.9 Å². The molecule has 10 heteroatoms. The van der Waals surface area contributed by atoms with E-state index in [1.807, 2.05) is 30.3 Å². The third-order valence-corrected chi connectivity index (χ3v) is 16.4. The lowest BCUT2D eigenvalue weighted by molar-refractivity contribution is 0.0471. The molecule has 13 rings (SSSR count). The van der Waals surface area contributed by atoms with Crippen LogP contribution in [-0.2, 0) is 31.0 Å². The Kier molecular flexibility index (Phi) is 14.2. The smallest absolute Gasteiger partial charge is 0.340 e. The van der Waals surface area contributed by atoms with Crippen LogP contribution in [0.2, 0.25) is 0 Å². The molecule has 0 bridgehead atoms. The molecule has 0 atom stereocenters. The van der Waals surface area contributed by atoms with Crippen LogP contribution in [-0.4, -0.2) is 44.5 Å². The molecule has 0 unspecified atom stereocenters. The van der Waals surface area contributed by atoms with E-state index in [0.717, 1.165) is 74.3 Å². The van der Waals surface area contributed by atoms with Crippen LogP contribution >= 0.6 is 11.3 Å². The summed E-state index contributed by atoms with van der Waals surface area (Å²) in [5.41, 5.74) is 9.36. The molecule has 392 valence electrons. The SMILES string of the molecule is O=C(OCc1cc(OCCCCn2c3ccccc3c3ccccc32)c(OCCCCn2c3ccccc3c3ccccc32)c(OCCCCn2c3ccccc3c3ccccc32)c1)c1ccc(-c2cc3ccccc3s2)nc1. The van der Waals surface area contributed by atoms with Crippen molar-refractivity contribution in [3.05, 3.63) is 218 Å². The van der Waals surface area contributed by atoms with Crippen LogP contribution in [0.15, 0.2) is 206 Å². The number of carbonyl (C=O) groups is 1. The molecule has 0 saturated carbocycles. The molecule has 0 aliphatic rings. The largest absolute Gasteiger partial charge is 0.490 e. The number of nitrogens with zero attached hydrogens (tertiary/aromatic N) is 4. The van der Waals surface area contributed by atoms with Crippen LogP contribution in [0.4, 0.5) is 0 Å². The van der Waals surface area contributed by atoms with Crippen LogP contribution in [0.5, 0.6) is 17.2 Å². The summed E-state index contributed by atoms with van der Waals surface area (Å²) in [4.78, 5) is 19.5. The summed E-state index contributed by atoms with van der Waals surface area (Å²) >= 11 is 1.68. The van der Waals surface area contributed by atoms with Crippen LogP contribution < -0.4 is 14.2 Å². The van der Waals surface area contributed by atoms with Crippen molar-refractivity contribution in [1.82, 2.24) is 18.7 Å². The van der Waals surface area contributed by atoms with E-state index in [0.29, 0.717) is 42.6 Å². The first kappa shape index (κ1) is 49.7. The van der Waals surface area contributed by atoms with Crippen molar-refractivity contribution in [3.63, 3.8) is 0 Å². The average molecular weight is 1060 g/mol. The number of hydrogen-bond acceptors (Lipinski definition) is 7. The highest BCUT2D eigenvalue weighted by molar-refractivity contribution is 7.22. The van der Waals surface area contributed by atoms with E-state index in [1.54, 1.807) is 23.6 Å². The first-order valence-corrected chi connectivity index (χ1v) is 28.5. The Morgan fingerprint density at radius 1 is 0.430 bits per heavy atom. The lowest BCUT2D eigenvalue weighted by Crippen LogP contribution is -2.10. The molecule has 9 nitrogen and oxygen atoms in total. The van der Waals surface area contributed by atoms with Crippen molar-refractivity contribution in [2.45, 2.75) is 64.8 Å². The standard InChI is InChI=1S/C69H60N4O5S/c74-69(50-35-36-57(70-46-50)67-45-49-21-1-14-34-66(49)79-67)78-47-48-43-64(75-40-18-15-37-71-58-28-8-2-22-51(58)52-23-3-9-29-59(52)71)68(77-42-20-17-39-73-62-32-12-6-26-55(62)56-27-7-13-33-63(56)73)65(44-48)76-41-19-16-38-72-60-30-10-4-24-53(60)54-25-5-11-31-61(54)72/h1-14,21-36,43-46H,15-20,37-42,47H2. The van der Waals surface area contributed by atoms with Crippen LogP contribution in [0.3, 0.4) is 0 Å². The third kappa shape index (κ3) is 10.2. The number of rotatable bonds is 22. The Morgan fingerprint density at radius 3 is 1.25 bits per heavy atom. The Hall–Kier alpha value is -8.86. The van der Waals surface area contributed by atoms with Gasteiger partial charge in [-0.2, -0.15) is 0 Å². The van der Waals surface area contributed by atoms with Gasteiger partial charge in [-0.05, 0) is 122 Å². The van der Waals surface area contributed by atoms with Crippen molar-refractivity contribution in [2.24, 2.45) is 0 Å². The van der Waals surface area contributed by atoms with Gasteiger partial charge in [0.15, 0.2) is 11.5 Å². The van der Waals surface area contributed by atoms with Gasteiger partial charge in [-0.25, -0.2) is 4.79 Å². The monoisotopic (exact) mass is 1060 g/mol. The van der Waals surface area contributed by atoms with Gasteiger partial charge in [0.1, 0.15) is 6.61 Å². The van der Waals surface area contributed by atoms with Crippen molar-refractivity contribution < 1.29 is 23.7 Å². The summed E-state index contributed by atoms with van der Waals surface area (Å²) in [5, 5.41) is 8.78. The van der Waals surface area contributed by atoms with Gasteiger partial charge in [-0.3, -0.25) is 4.98 Å². The maximum Gasteiger partial charge on any atom is 0.340 e. The molecule has 8 aromatic carbocycles. The van der Waals surface area contributed by atoms with Gasteiger partial charge in [-0.15, -0.1) is 11.3 Å². The summed E-state index contributed by atoms with van der Waals surface area (Å²) in [5.74, 6) is 1.25. The van der Waals surface area contributed by atoms with Gasteiger partial charge in [0.2, 0.25) is 5.75 Å². The Balaban J connectivity index is 0.750. The zero-order valence-electron chi connectivity index (χ0n) is 44.1. The van der Waals surface area contributed by atoms with Gasteiger partial charge in [-0.1, -0.05) is 127 Å². The van der Waals surface area contributed by atoms with Crippen molar-refractivity contribution in [2.75, 3.05) is 19.8 Å². The Labute approximate surface area is 462 Å². The van der Waals surface area contributed by atoms with Crippen molar-refractivity contribution in [1.29, 1.82) is 0 Å². The number of aromatic nitrogens is 4. The summed E-state index contributed by atoms with van der Waals surface area (Å²) in [6.45, 7) is 3.95. The fourth-order valence-electron chi connectivity index (χ4n) is 11.5. The number of esters is 1. The lowest BCUT2D eigenvalue weighted by Gasteiger charge is -2.19. The van der Waals surface area contributed by atoms with Crippen molar-refractivity contribution >= 4 is 92.8 Å². The molecule has 5 aromatic heterocycles. The van der Waals surface area contributed by atoms with Gasteiger partial charge in [0, 0.05) is 95.9 Å². The number of pyridine rings is 1. The highest BCUT2D eigenvalue weighted by Crippen LogP contribution is 2.41. The van der Waals surface area contributed by atoms with Gasteiger partial charge in [0.25, 0.3) is 0 Å². The maximum atomic E-state index is 13.7. The Morgan fingerprint density at radius 2 is 0.835 bits per heavy atom. The second-order valence-corrected chi connectivity index (χ2v) is 21.4. The molecule has 13 aromatic rings. The predicted octanol–water partition coefficient (Wildman–Crippen LogP) is 17.2. The number of fused-ring (bicyclic) bond motifs is 10. The zero-order valence-corrected chi connectivity index (χ0v) is 44.9. The fraction of sp³-hybridized carbons (Fsp3) is 0.188. The molecule has 0 saturated heterocycles. The minimum Gasteiger partial charge on any atom is -0.490 e. The highest BCUT2D eigenvalue weighted by Gasteiger charge is 2.20. The van der Waals surface area contributed by atoms with Crippen LogP contribution in [0.25, 0.3) is 86.1 Å². The number of benzene rings is 8. The number of ether oxygens (including phenoxy) is 4. The third-order valence-electron chi connectivity index (χ3n) is 15.3. The normalized spacial score (nSPS) is 11.7. The first-order valence-electron chi connectivity index (χ1n) is 27.7. The lowest BCUT2D eigenvalue weighted by atomic mass is 10.1. The van der Waals surface area contributed by atoms with E-state index in [9.17, 15) is 4.79 Å². The second kappa shape index (κ2) is 22.6. The Bertz CT molecular complexity index is 3960. The molecule has 0 aliphatic carbocycles. The van der Waals surface area contributed by atoms with Crippen LogP contribution in [0, 0.1) is 0 Å². The summed E-state index contributed by atoms with van der Waals surface area (Å²) in [6, 6.07) is 69.9. The summed E-state index contributed by atoms with van der Waals surface area (Å²) < 4.78 is 34.9. The number of hydrogen-bond donors (Lipinski definition) is 0. The van der Waals surface area contributed by atoms with E-state index in [2.05, 4.69) is 182 Å². The second-order valence-electron chi connectivity index (χ2n) is 20.3. The summed E-state index contributed by atoms with van der Waals surface area (Å²) in [6.07, 6.45) is 6.75. The summed E-state index contributed by atoms with van der Waals surface area (Å²) in [7, 11) is 0. The van der Waals surface area contributed by atoms with E-state index in [1.165, 1.54) is 75.5 Å². The topological polar surface area (TPSA) is 81.7 Å². The molecule has 0 radical (unpaired) electrons. The number of aryl methyl sites for hydroxylation is 3. The zero-order chi connectivity index (χ0) is 52.9. The van der Waals surface area contributed by atoms with E-state index < -0.39 is 5.97 Å². The first-order chi connectivity index (χ1) is 39.1. The molecule has 79 heavy (non-hydrogen) atoms. The van der Waals surface area contributed by atoms with Gasteiger partial charge >= 0.3 is 5.97 Å². The quantitative estimate of drug-likeness (QED) is 0.0497. The minimum absolute atomic E-state index is 0.00420. The predicted molar refractivity (Wildman–Crippen MR) is 323 cm³/mol. The molecular weight excluding hydrogens is 997 g/mol. The molecule has 0 N–H and O–H groups in total. The molecule has 0 fully saturated rings. The molecule has 0 spiro atoms. The van der Waals surface area contributed by atoms with E-state index in [-0.39, 0.29) is 6.61 Å². The fourth-order valence-corrected chi connectivity index (χ4v) is 12.5. The highest BCUT2D eigenvalue weighted by atomic mass is 32.1. The average Bonchev–Trinajstić information content (AvgIpc) is 4.48. The van der Waals surface area contributed by atoms with Gasteiger partial charge in [0.05, 0.1) is 36.0 Å². The van der Waals surface area contributed by atoms with Crippen molar-refractivity contribution in [3.8, 4) is 27.8 Å². The van der Waals surface area contributed by atoms with Crippen LogP contribution in [0.1, 0.15) is 54.4 Å². The van der Waals surface area contributed by atoms with E-state index >= 15 is 0 Å². The number of carbonyl (C=O) groups excluding carboxylic acids is 1. The number of unbranched alkanes of at least 4 members (excludes halogenated alkanes) is 3. The maximum absolute atomic E-state index is 13.7. The molecular formula is C69H60N4O5S. The number of thiophene rings is 1. The minimum atomic E-state index is -0.459. The van der Waals surface area contributed by atoms with Gasteiger partial charge < -0.3 is 32.6 Å². The number of para-hydroxylation sites is 6. The molecule has 0 amide bonds.